The molecule has 1 atom stereocenters. The SMILES string of the molecule is Cc1cc(-c2cncc(C[C@@H]3CCCN(C(C)C)C3)n2)n[nH]1. The van der Waals surface area contributed by atoms with Crippen molar-refractivity contribution in [1.29, 1.82) is 0 Å². The zero-order valence-corrected chi connectivity index (χ0v) is 13.7. The first-order chi connectivity index (χ1) is 10.6. The lowest BCUT2D eigenvalue weighted by atomic mass is 9.93. The minimum Gasteiger partial charge on any atom is -0.301 e. The number of nitrogens with one attached hydrogen (secondary N) is 1. The summed E-state index contributed by atoms with van der Waals surface area (Å²) in [4.78, 5) is 11.7. The third-order valence-electron chi connectivity index (χ3n) is 4.43. The van der Waals surface area contributed by atoms with E-state index in [4.69, 9.17) is 4.98 Å². The molecule has 1 N–H and O–H groups in total. The average Bonchev–Trinajstić information content (AvgIpc) is 2.94. The van der Waals surface area contributed by atoms with Gasteiger partial charge >= 0.3 is 0 Å². The van der Waals surface area contributed by atoms with E-state index in [-0.39, 0.29) is 0 Å². The van der Waals surface area contributed by atoms with Gasteiger partial charge in [-0.05, 0) is 58.6 Å². The summed E-state index contributed by atoms with van der Waals surface area (Å²) in [6.07, 6.45) is 7.27. The fraction of sp³-hybridized carbons (Fsp3) is 0.588. The number of hydrogen-bond donors (Lipinski definition) is 1. The Hall–Kier alpha value is -1.75. The molecule has 0 unspecified atom stereocenters. The number of likely N-dealkylation sites (tertiary alicyclic amines) is 1. The first kappa shape index (κ1) is 15.2. The third-order valence-corrected chi connectivity index (χ3v) is 4.43. The van der Waals surface area contributed by atoms with E-state index in [1.54, 1.807) is 6.20 Å². The number of aromatic amines is 1. The van der Waals surface area contributed by atoms with E-state index in [0.717, 1.165) is 29.2 Å². The molecule has 0 saturated carbocycles. The van der Waals surface area contributed by atoms with Crippen LogP contribution in [0, 0.1) is 12.8 Å². The number of nitrogens with zero attached hydrogens (tertiary/aromatic N) is 4. The van der Waals surface area contributed by atoms with Crippen LogP contribution in [0.15, 0.2) is 18.5 Å². The Labute approximate surface area is 132 Å². The molecule has 5 nitrogen and oxygen atoms in total. The summed E-state index contributed by atoms with van der Waals surface area (Å²) < 4.78 is 0. The van der Waals surface area contributed by atoms with Crippen LogP contribution in [-0.2, 0) is 6.42 Å². The Balaban J connectivity index is 1.70. The maximum atomic E-state index is 4.76. The van der Waals surface area contributed by atoms with Crippen LogP contribution >= 0.6 is 0 Å². The van der Waals surface area contributed by atoms with Crippen LogP contribution in [0.5, 0.6) is 0 Å². The van der Waals surface area contributed by atoms with Gasteiger partial charge in [0, 0.05) is 24.5 Å². The number of hydrogen-bond acceptors (Lipinski definition) is 4. The second-order valence-electron chi connectivity index (χ2n) is 6.63. The highest BCUT2D eigenvalue weighted by atomic mass is 15.2. The molecule has 0 amide bonds. The summed E-state index contributed by atoms with van der Waals surface area (Å²) in [5.74, 6) is 0.682. The van der Waals surface area contributed by atoms with E-state index >= 15 is 0 Å². The maximum Gasteiger partial charge on any atom is 0.112 e. The molecule has 3 rings (SSSR count). The van der Waals surface area contributed by atoms with Crippen LogP contribution in [0.25, 0.3) is 11.4 Å². The molecular weight excluding hydrogens is 274 g/mol. The minimum atomic E-state index is 0.632. The third kappa shape index (κ3) is 3.53. The Morgan fingerprint density at radius 3 is 2.91 bits per heavy atom. The summed E-state index contributed by atoms with van der Waals surface area (Å²) in [6, 6.07) is 2.64. The van der Waals surface area contributed by atoms with Gasteiger partial charge in [-0.25, -0.2) is 4.98 Å². The smallest absolute Gasteiger partial charge is 0.112 e. The molecule has 0 bridgehead atoms. The van der Waals surface area contributed by atoms with Gasteiger partial charge in [-0.2, -0.15) is 5.10 Å². The van der Waals surface area contributed by atoms with Gasteiger partial charge in [0.1, 0.15) is 11.4 Å². The minimum absolute atomic E-state index is 0.632. The molecule has 5 heteroatoms. The standard InChI is InChI=1S/C17H25N5/c1-12(2)22-6-4-5-14(11-22)8-15-9-18-10-17(19-15)16-7-13(3)20-21-16/h7,9-10,12,14H,4-6,8,11H2,1-3H3,(H,20,21)/t14-/m0/s1. The second kappa shape index (κ2) is 6.57. The molecule has 2 aromatic heterocycles. The van der Waals surface area contributed by atoms with Crippen molar-refractivity contribution in [2.75, 3.05) is 13.1 Å². The van der Waals surface area contributed by atoms with Crippen molar-refractivity contribution in [2.45, 2.75) is 46.1 Å². The highest BCUT2D eigenvalue weighted by Crippen LogP contribution is 2.22. The van der Waals surface area contributed by atoms with E-state index in [0.29, 0.717) is 12.0 Å². The van der Waals surface area contributed by atoms with Crippen molar-refractivity contribution in [1.82, 2.24) is 25.1 Å². The summed E-state index contributed by atoms with van der Waals surface area (Å²) in [5, 5.41) is 7.24. The van der Waals surface area contributed by atoms with Crippen LogP contribution in [0.4, 0.5) is 0 Å². The first-order valence-corrected chi connectivity index (χ1v) is 8.19. The van der Waals surface area contributed by atoms with Gasteiger partial charge < -0.3 is 4.90 Å². The van der Waals surface area contributed by atoms with E-state index in [2.05, 4.69) is 33.9 Å². The van der Waals surface area contributed by atoms with Gasteiger partial charge in [0.2, 0.25) is 0 Å². The Kier molecular flexibility index (Phi) is 4.52. The Morgan fingerprint density at radius 2 is 2.18 bits per heavy atom. The highest BCUT2D eigenvalue weighted by molar-refractivity contribution is 5.52. The highest BCUT2D eigenvalue weighted by Gasteiger charge is 2.22. The predicted molar refractivity (Wildman–Crippen MR) is 87.5 cm³/mol. The lowest BCUT2D eigenvalue weighted by molar-refractivity contribution is 0.139. The molecule has 0 aromatic carbocycles. The normalized spacial score (nSPS) is 19.7. The Morgan fingerprint density at radius 1 is 1.32 bits per heavy atom. The van der Waals surface area contributed by atoms with Gasteiger partial charge in [0.25, 0.3) is 0 Å². The molecule has 22 heavy (non-hydrogen) atoms. The molecule has 1 fully saturated rings. The predicted octanol–water partition coefficient (Wildman–Crippen LogP) is 2.84. The number of aromatic nitrogens is 4. The first-order valence-electron chi connectivity index (χ1n) is 8.19. The van der Waals surface area contributed by atoms with Gasteiger partial charge in [0.05, 0.1) is 11.9 Å². The topological polar surface area (TPSA) is 57.7 Å². The molecule has 1 saturated heterocycles. The van der Waals surface area contributed by atoms with Crippen LogP contribution in [0.3, 0.4) is 0 Å². The molecule has 2 aromatic rings. The second-order valence-corrected chi connectivity index (χ2v) is 6.63. The summed E-state index contributed by atoms with van der Waals surface area (Å²) >= 11 is 0. The fourth-order valence-corrected chi connectivity index (χ4v) is 3.21. The Bertz CT molecular complexity index is 619. The maximum absolute atomic E-state index is 4.76. The molecule has 1 aliphatic heterocycles. The van der Waals surface area contributed by atoms with Crippen molar-refractivity contribution in [2.24, 2.45) is 5.92 Å². The zero-order valence-electron chi connectivity index (χ0n) is 13.7. The molecular formula is C17H25N5. The van der Waals surface area contributed by atoms with Gasteiger partial charge in [0.15, 0.2) is 0 Å². The largest absolute Gasteiger partial charge is 0.301 e. The lowest BCUT2D eigenvalue weighted by Gasteiger charge is -2.35. The number of piperidine rings is 1. The quantitative estimate of drug-likeness (QED) is 0.943. The number of rotatable bonds is 4. The van der Waals surface area contributed by atoms with Crippen LogP contribution in [0.1, 0.15) is 38.1 Å². The van der Waals surface area contributed by atoms with Gasteiger partial charge in [-0.15, -0.1) is 0 Å². The van der Waals surface area contributed by atoms with E-state index in [1.165, 1.54) is 25.9 Å². The van der Waals surface area contributed by atoms with Crippen LogP contribution in [-0.4, -0.2) is 44.2 Å². The van der Waals surface area contributed by atoms with Crippen molar-refractivity contribution in [3.05, 3.63) is 29.8 Å². The summed E-state index contributed by atoms with van der Waals surface area (Å²) in [5.41, 5.74) is 3.86. The summed E-state index contributed by atoms with van der Waals surface area (Å²) in [6.45, 7) is 8.96. The van der Waals surface area contributed by atoms with Gasteiger partial charge in [-0.1, -0.05) is 0 Å². The monoisotopic (exact) mass is 299 g/mol. The number of aryl methyl sites for hydroxylation is 1. The molecule has 0 aliphatic carbocycles. The lowest BCUT2D eigenvalue weighted by Crippen LogP contribution is -2.40. The van der Waals surface area contributed by atoms with Crippen molar-refractivity contribution >= 4 is 0 Å². The average molecular weight is 299 g/mol. The molecule has 0 radical (unpaired) electrons. The fourth-order valence-electron chi connectivity index (χ4n) is 3.21. The van der Waals surface area contributed by atoms with Crippen molar-refractivity contribution in [3.8, 4) is 11.4 Å². The van der Waals surface area contributed by atoms with Crippen molar-refractivity contribution < 1.29 is 0 Å². The molecule has 118 valence electrons. The molecule has 3 heterocycles. The van der Waals surface area contributed by atoms with Crippen LogP contribution < -0.4 is 0 Å². The molecule has 1 aliphatic rings. The van der Waals surface area contributed by atoms with E-state index in [1.807, 2.05) is 19.2 Å². The van der Waals surface area contributed by atoms with Gasteiger partial charge in [-0.3, -0.25) is 10.1 Å². The number of H-pyrrole nitrogens is 1. The summed E-state index contributed by atoms with van der Waals surface area (Å²) in [7, 11) is 0. The van der Waals surface area contributed by atoms with E-state index in [9.17, 15) is 0 Å². The van der Waals surface area contributed by atoms with Crippen LogP contribution in [0.2, 0.25) is 0 Å². The zero-order chi connectivity index (χ0) is 15.5. The van der Waals surface area contributed by atoms with E-state index < -0.39 is 0 Å². The molecule has 0 spiro atoms. The van der Waals surface area contributed by atoms with Crippen molar-refractivity contribution in [3.63, 3.8) is 0 Å².